The minimum absolute atomic E-state index is 0.00328. The van der Waals surface area contributed by atoms with Crippen molar-refractivity contribution in [3.05, 3.63) is 53.6 Å². The highest BCUT2D eigenvalue weighted by atomic mass is 32.2. The van der Waals surface area contributed by atoms with Crippen molar-refractivity contribution < 1.29 is 21.9 Å². The fraction of sp³-hybridized carbons (Fsp3) is 0.250. The lowest BCUT2D eigenvalue weighted by atomic mass is 10.2. The lowest BCUT2D eigenvalue weighted by molar-refractivity contribution is 0.402. The van der Waals surface area contributed by atoms with Crippen LogP contribution in [0.15, 0.2) is 46.2 Å². The number of nitrogens with zero attached hydrogens (tertiary/aromatic N) is 1. The highest BCUT2D eigenvalue weighted by Gasteiger charge is 2.25. The molecule has 4 nitrogen and oxygen atoms in total. The van der Waals surface area contributed by atoms with Crippen LogP contribution in [0.4, 0.5) is 8.78 Å². The average molecular weight is 373 g/mol. The van der Waals surface area contributed by atoms with E-state index in [9.17, 15) is 17.2 Å². The van der Waals surface area contributed by atoms with Gasteiger partial charge in [-0.15, -0.1) is 11.8 Å². The summed E-state index contributed by atoms with van der Waals surface area (Å²) in [7, 11) is -1.31. The standard InChI is InChI=1S/C16H17F2NO3S2/c1-19(10-11-4-7-15(23-3)14(8-11)22-2)24(20,21)16-9-12(17)5-6-13(16)18/h4-9H,10H2,1-3H3. The zero-order valence-electron chi connectivity index (χ0n) is 13.4. The zero-order chi connectivity index (χ0) is 17.9. The van der Waals surface area contributed by atoms with Crippen molar-refractivity contribution in [1.29, 1.82) is 0 Å². The van der Waals surface area contributed by atoms with E-state index in [1.807, 2.05) is 12.3 Å². The SMILES string of the molecule is COc1cc(CN(C)S(=O)(=O)c2cc(F)ccc2F)ccc1SC. The number of methoxy groups -OCH3 is 1. The molecule has 130 valence electrons. The van der Waals surface area contributed by atoms with Crippen LogP contribution in [-0.2, 0) is 16.6 Å². The number of hydrogen-bond acceptors (Lipinski definition) is 4. The second-order valence-electron chi connectivity index (χ2n) is 5.03. The summed E-state index contributed by atoms with van der Waals surface area (Å²) in [4.78, 5) is 0.237. The van der Waals surface area contributed by atoms with Gasteiger partial charge in [0.25, 0.3) is 0 Å². The smallest absolute Gasteiger partial charge is 0.246 e. The summed E-state index contributed by atoms with van der Waals surface area (Å²) in [5.74, 6) is -1.17. The maximum atomic E-state index is 13.8. The average Bonchev–Trinajstić information content (AvgIpc) is 2.56. The Labute approximate surface area is 144 Å². The number of ether oxygens (including phenoxy) is 1. The van der Waals surface area contributed by atoms with Gasteiger partial charge in [0.05, 0.1) is 7.11 Å². The number of sulfonamides is 1. The zero-order valence-corrected chi connectivity index (χ0v) is 15.0. The summed E-state index contributed by atoms with van der Waals surface area (Å²) in [6, 6.07) is 7.66. The van der Waals surface area contributed by atoms with Gasteiger partial charge in [0.1, 0.15) is 22.3 Å². The van der Waals surface area contributed by atoms with E-state index in [2.05, 4.69) is 0 Å². The molecular formula is C16H17F2NO3S2. The Morgan fingerprint density at radius 3 is 2.50 bits per heavy atom. The van der Waals surface area contributed by atoms with Crippen LogP contribution < -0.4 is 4.74 Å². The van der Waals surface area contributed by atoms with E-state index in [0.717, 1.165) is 21.3 Å². The Balaban J connectivity index is 2.31. The number of thioether (sulfide) groups is 1. The first-order valence-corrected chi connectivity index (χ1v) is 9.58. The molecule has 0 bridgehead atoms. The van der Waals surface area contributed by atoms with E-state index in [4.69, 9.17) is 4.74 Å². The summed E-state index contributed by atoms with van der Waals surface area (Å²) < 4.78 is 58.2. The topological polar surface area (TPSA) is 46.6 Å². The molecule has 0 fully saturated rings. The number of hydrogen-bond donors (Lipinski definition) is 0. The highest BCUT2D eigenvalue weighted by molar-refractivity contribution is 7.98. The molecule has 24 heavy (non-hydrogen) atoms. The van der Waals surface area contributed by atoms with E-state index < -0.39 is 26.6 Å². The Morgan fingerprint density at radius 2 is 1.88 bits per heavy atom. The molecule has 0 aliphatic carbocycles. The van der Waals surface area contributed by atoms with Gasteiger partial charge in [0.15, 0.2) is 0 Å². The molecule has 2 rings (SSSR count). The van der Waals surface area contributed by atoms with Gasteiger partial charge in [-0.2, -0.15) is 4.31 Å². The third-order valence-corrected chi connectivity index (χ3v) is 6.03. The molecule has 0 aliphatic rings. The van der Waals surface area contributed by atoms with Crippen LogP contribution in [-0.4, -0.2) is 33.1 Å². The van der Waals surface area contributed by atoms with Gasteiger partial charge in [-0.25, -0.2) is 17.2 Å². The largest absolute Gasteiger partial charge is 0.496 e. The van der Waals surface area contributed by atoms with Gasteiger partial charge < -0.3 is 4.74 Å². The minimum atomic E-state index is -4.15. The predicted octanol–water partition coefficient (Wildman–Crippen LogP) is 3.52. The van der Waals surface area contributed by atoms with Gasteiger partial charge in [-0.3, -0.25) is 0 Å². The first kappa shape index (κ1) is 18.7. The molecule has 0 unspecified atom stereocenters. The molecule has 0 saturated carbocycles. The van der Waals surface area contributed by atoms with E-state index >= 15 is 0 Å². The molecule has 0 N–H and O–H groups in total. The van der Waals surface area contributed by atoms with Crippen LogP contribution in [0.1, 0.15) is 5.56 Å². The van der Waals surface area contributed by atoms with Crippen LogP contribution >= 0.6 is 11.8 Å². The molecule has 0 heterocycles. The molecule has 0 atom stereocenters. The van der Waals surface area contributed by atoms with Crippen LogP contribution in [0, 0.1) is 11.6 Å². The quantitative estimate of drug-likeness (QED) is 0.727. The van der Waals surface area contributed by atoms with E-state index in [-0.39, 0.29) is 6.54 Å². The summed E-state index contributed by atoms with van der Waals surface area (Å²) in [5.41, 5.74) is 0.674. The number of halogens is 2. The molecular weight excluding hydrogens is 356 g/mol. The summed E-state index contributed by atoms with van der Waals surface area (Å²) in [5, 5.41) is 0. The maximum absolute atomic E-state index is 13.8. The van der Waals surface area contributed by atoms with Gasteiger partial charge in [-0.05, 0) is 42.2 Å². The van der Waals surface area contributed by atoms with Crippen molar-refractivity contribution in [2.24, 2.45) is 0 Å². The van der Waals surface area contributed by atoms with Crippen LogP contribution in [0.3, 0.4) is 0 Å². The summed E-state index contributed by atoms with van der Waals surface area (Å²) in [6.45, 7) is 0.00328. The lowest BCUT2D eigenvalue weighted by Gasteiger charge is -2.18. The third-order valence-electron chi connectivity index (χ3n) is 3.43. The maximum Gasteiger partial charge on any atom is 0.246 e. The van der Waals surface area contributed by atoms with Crippen molar-refractivity contribution in [3.8, 4) is 5.75 Å². The first-order valence-electron chi connectivity index (χ1n) is 6.92. The van der Waals surface area contributed by atoms with Crippen LogP contribution in [0.2, 0.25) is 0 Å². The van der Waals surface area contributed by atoms with Crippen LogP contribution in [0.5, 0.6) is 5.75 Å². The van der Waals surface area contributed by atoms with Crippen molar-refractivity contribution in [1.82, 2.24) is 4.31 Å². The van der Waals surface area contributed by atoms with Gasteiger partial charge >= 0.3 is 0 Å². The molecule has 0 radical (unpaired) electrons. The fourth-order valence-electron chi connectivity index (χ4n) is 2.16. The molecule has 0 aliphatic heterocycles. The van der Waals surface area contributed by atoms with E-state index in [0.29, 0.717) is 17.4 Å². The highest BCUT2D eigenvalue weighted by Crippen LogP contribution is 2.29. The third kappa shape index (κ3) is 3.88. The molecule has 0 aromatic heterocycles. The normalized spacial score (nSPS) is 11.8. The van der Waals surface area contributed by atoms with Gasteiger partial charge in [-0.1, -0.05) is 6.07 Å². The monoisotopic (exact) mass is 373 g/mol. The van der Waals surface area contributed by atoms with Gasteiger partial charge in [0, 0.05) is 18.5 Å². The second-order valence-corrected chi connectivity index (χ2v) is 7.89. The van der Waals surface area contributed by atoms with Crippen molar-refractivity contribution in [2.45, 2.75) is 16.3 Å². The van der Waals surface area contributed by atoms with Gasteiger partial charge in [0.2, 0.25) is 10.0 Å². The van der Waals surface area contributed by atoms with E-state index in [1.54, 1.807) is 12.1 Å². The Morgan fingerprint density at radius 1 is 1.17 bits per heavy atom. The lowest BCUT2D eigenvalue weighted by Crippen LogP contribution is -2.27. The first-order chi connectivity index (χ1) is 11.3. The Bertz CT molecular complexity index is 841. The number of benzene rings is 2. The summed E-state index contributed by atoms with van der Waals surface area (Å²) in [6.07, 6.45) is 1.90. The van der Waals surface area contributed by atoms with Crippen molar-refractivity contribution in [3.63, 3.8) is 0 Å². The second kappa shape index (κ2) is 7.50. The van der Waals surface area contributed by atoms with Crippen molar-refractivity contribution >= 4 is 21.8 Å². The summed E-state index contributed by atoms with van der Waals surface area (Å²) >= 11 is 1.51. The molecule has 8 heteroatoms. The Hall–Kier alpha value is -1.64. The minimum Gasteiger partial charge on any atom is -0.496 e. The molecule has 0 spiro atoms. The molecule has 0 saturated heterocycles. The number of rotatable bonds is 6. The molecule has 2 aromatic rings. The van der Waals surface area contributed by atoms with E-state index in [1.165, 1.54) is 25.9 Å². The molecule has 0 amide bonds. The fourth-order valence-corrected chi connectivity index (χ4v) is 3.94. The van der Waals surface area contributed by atoms with Crippen molar-refractivity contribution in [2.75, 3.05) is 20.4 Å². The Kier molecular flexibility index (Phi) is 5.84. The molecule has 2 aromatic carbocycles. The predicted molar refractivity (Wildman–Crippen MR) is 89.8 cm³/mol. The van der Waals surface area contributed by atoms with Crippen LogP contribution in [0.25, 0.3) is 0 Å².